The van der Waals surface area contributed by atoms with Crippen LogP contribution in [0.4, 0.5) is 0 Å². The number of hydrogen-bond acceptors (Lipinski definition) is 7. The van der Waals surface area contributed by atoms with Gasteiger partial charge in [-0.1, -0.05) is 31.3 Å². The Morgan fingerprint density at radius 1 is 1.19 bits per heavy atom. The molecule has 27 heavy (non-hydrogen) atoms. The number of benzene rings is 1. The summed E-state index contributed by atoms with van der Waals surface area (Å²) in [5, 5.41) is 21.2. The van der Waals surface area contributed by atoms with Crippen molar-refractivity contribution in [1.82, 2.24) is 30.0 Å². The van der Waals surface area contributed by atoms with Crippen molar-refractivity contribution < 1.29 is 9.47 Å². The standard InChI is InChI=1S/C18H20N6O2S/c1-11(2)7-12-8-15(20-19-12)17-21-22-18-24(17)23-16(27-18)10-26-14-6-4-5-13(9-14)25-3/h4-6,8-9,11H,7,10H2,1-3H3,(H,19,20). The number of rotatable bonds is 7. The Morgan fingerprint density at radius 3 is 2.85 bits per heavy atom. The van der Waals surface area contributed by atoms with Crippen LogP contribution in [0, 0.1) is 5.92 Å². The first kappa shape index (κ1) is 17.5. The summed E-state index contributed by atoms with van der Waals surface area (Å²) in [6.45, 7) is 4.69. The second-order valence-corrected chi connectivity index (χ2v) is 7.60. The van der Waals surface area contributed by atoms with Crippen molar-refractivity contribution >= 4 is 16.3 Å². The van der Waals surface area contributed by atoms with Crippen LogP contribution >= 0.6 is 11.3 Å². The van der Waals surface area contributed by atoms with Gasteiger partial charge in [0.05, 0.1) is 7.11 Å². The lowest BCUT2D eigenvalue weighted by atomic mass is 10.1. The number of methoxy groups -OCH3 is 1. The van der Waals surface area contributed by atoms with Gasteiger partial charge in [0.2, 0.25) is 10.8 Å². The molecule has 140 valence electrons. The number of ether oxygens (including phenoxy) is 2. The van der Waals surface area contributed by atoms with Gasteiger partial charge in [-0.25, -0.2) is 0 Å². The summed E-state index contributed by atoms with van der Waals surface area (Å²) in [5.41, 5.74) is 1.82. The molecule has 0 bridgehead atoms. The average molecular weight is 384 g/mol. The molecule has 0 radical (unpaired) electrons. The van der Waals surface area contributed by atoms with E-state index < -0.39 is 0 Å². The first-order chi connectivity index (χ1) is 13.1. The topological polar surface area (TPSA) is 90.2 Å². The minimum absolute atomic E-state index is 0.347. The van der Waals surface area contributed by atoms with E-state index in [2.05, 4.69) is 39.3 Å². The van der Waals surface area contributed by atoms with Gasteiger partial charge in [-0.05, 0) is 30.5 Å². The molecule has 0 saturated carbocycles. The van der Waals surface area contributed by atoms with Gasteiger partial charge < -0.3 is 9.47 Å². The van der Waals surface area contributed by atoms with Gasteiger partial charge in [-0.15, -0.1) is 10.2 Å². The highest BCUT2D eigenvalue weighted by Gasteiger charge is 2.16. The van der Waals surface area contributed by atoms with E-state index in [0.717, 1.165) is 34.3 Å². The van der Waals surface area contributed by atoms with Crippen LogP contribution in [-0.2, 0) is 13.0 Å². The predicted molar refractivity (Wildman–Crippen MR) is 102 cm³/mol. The van der Waals surface area contributed by atoms with Gasteiger partial charge >= 0.3 is 0 Å². The highest BCUT2D eigenvalue weighted by Crippen LogP contribution is 2.24. The fourth-order valence-corrected chi connectivity index (χ4v) is 3.48. The first-order valence-corrected chi connectivity index (χ1v) is 9.46. The van der Waals surface area contributed by atoms with E-state index in [1.807, 2.05) is 30.3 Å². The summed E-state index contributed by atoms with van der Waals surface area (Å²) in [6.07, 6.45) is 0.936. The number of aromatic amines is 1. The number of fused-ring (bicyclic) bond motifs is 1. The molecule has 1 aromatic carbocycles. The molecule has 1 N–H and O–H groups in total. The van der Waals surface area contributed by atoms with Crippen LogP contribution in [0.5, 0.6) is 11.5 Å². The highest BCUT2D eigenvalue weighted by molar-refractivity contribution is 7.16. The Labute approximate surface area is 160 Å². The Hall–Kier alpha value is -2.94. The minimum Gasteiger partial charge on any atom is -0.497 e. The molecule has 0 saturated heterocycles. The Balaban J connectivity index is 1.52. The zero-order chi connectivity index (χ0) is 18.8. The normalized spacial score (nSPS) is 11.4. The molecular weight excluding hydrogens is 364 g/mol. The molecule has 0 atom stereocenters. The molecule has 0 amide bonds. The molecular formula is C18H20N6O2S. The van der Waals surface area contributed by atoms with Gasteiger partial charge in [0.25, 0.3) is 0 Å². The van der Waals surface area contributed by atoms with Crippen LogP contribution in [0.25, 0.3) is 16.5 Å². The maximum Gasteiger partial charge on any atom is 0.235 e. The fourth-order valence-electron chi connectivity index (χ4n) is 2.73. The van der Waals surface area contributed by atoms with E-state index in [0.29, 0.717) is 23.3 Å². The van der Waals surface area contributed by atoms with Crippen molar-refractivity contribution in [1.29, 1.82) is 0 Å². The summed E-state index contributed by atoms with van der Waals surface area (Å²) >= 11 is 1.44. The van der Waals surface area contributed by atoms with Crippen LogP contribution in [0.1, 0.15) is 24.5 Å². The second-order valence-electron chi connectivity index (χ2n) is 6.56. The zero-order valence-electron chi connectivity index (χ0n) is 15.3. The van der Waals surface area contributed by atoms with Crippen LogP contribution < -0.4 is 9.47 Å². The van der Waals surface area contributed by atoms with Gasteiger partial charge in [0, 0.05) is 11.8 Å². The van der Waals surface area contributed by atoms with E-state index in [4.69, 9.17) is 9.47 Å². The van der Waals surface area contributed by atoms with Crippen LogP contribution in [0.3, 0.4) is 0 Å². The van der Waals surface area contributed by atoms with Gasteiger partial charge in [0.15, 0.2) is 5.01 Å². The number of H-pyrrole nitrogens is 1. The highest BCUT2D eigenvalue weighted by atomic mass is 32.1. The average Bonchev–Trinajstić information content (AvgIpc) is 3.35. The lowest BCUT2D eigenvalue weighted by molar-refractivity contribution is 0.301. The Morgan fingerprint density at radius 2 is 2.04 bits per heavy atom. The third kappa shape index (κ3) is 3.77. The lowest BCUT2D eigenvalue weighted by Crippen LogP contribution is -1.98. The number of hydrogen-bond donors (Lipinski definition) is 1. The van der Waals surface area contributed by atoms with E-state index in [9.17, 15) is 0 Å². The predicted octanol–water partition coefficient (Wildman–Crippen LogP) is 3.36. The fraction of sp³-hybridized carbons (Fsp3) is 0.333. The molecule has 4 rings (SSSR count). The van der Waals surface area contributed by atoms with E-state index in [1.165, 1.54) is 11.3 Å². The molecule has 0 unspecified atom stereocenters. The largest absolute Gasteiger partial charge is 0.497 e. The van der Waals surface area contributed by atoms with Crippen molar-refractivity contribution in [3.63, 3.8) is 0 Å². The SMILES string of the molecule is COc1cccc(OCc2nn3c(-c4cc(CC(C)C)[nH]n4)nnc3s2)c1. The molecule has 0 aliphatic carbocycles. The second kappa shape index (κ2) is 7.36. The van der Waals surface area contributed by atoms with Crippen LogP contribution in [-0.4, -0.2) is 37.1 Å². The third-order valence-corrected chi connectivity index (χ3v) is 4.80. The molecule has 9 heteroatoms. The van der Waals surface area contributed by atoms with Gasteiger partial charge in [0.1, 0.15) is 23.8 Å². The van der Waals surface area contributed by atoms with Crippen molar-refractivity contribution in [2.45, 2.75) is 26.9 Å². The van der Waals surface area contributed by atoms with Crippen LogP contribution in [0.15, 0.2) is 30.3 Å². The molecule has 0 aliphatic heterocycles. The monoisotopic (exact) mass is 384 g/mol. The summed E-state index contributed by atoms with van der Waals surface area (Å²) in [6, 6.07) is 9.49. The number of aromatic nitrogens is 6. The molecule has 0 aliphatic rings. The van der Waals surface area contributed by atoms with Crippen molar-refractivity contribution in [3.05, 3.63) is 41.0 Å². The third-order valence-electron chi connectivity index (χ3n) is 3.92. The molecule has 8 nitrogen and oxygen atoms in total. The van der Waals surface area contributed by atoms with Crippen molar-refractivity contribution in [2.24, 2.45) is 5.92 Å². The summed E-state index contributed by atoms with van der Waals surface area (Å²) in [4.78, 5) is 0.711. The summed E-state index contributed by atoms with van der Waals surface area (Å²) < 4.78 is 12.7. The van der Waals surface area contributed by atoms with Gasteiger partial charge in [-0.3, -0.25) is 5.10 Å². The Bertz CT molecular complexity index is 1050. The van der Waals surface area contributed by atoms with E-state index >= 15 is 0 Å². The van der Waals surface area contributed by atoms with Crippen LogP contribution in [0.2, 0.25) is 0 Å². The maximum absolute atomic E-state index is 5.81. The van der Waals surface area contributed by atoms with Crippen molar-refractivity contribution in [2.75, 3.05) is 7.11 Å². The molecule has 3 heterocycles. The number of nitrogens with one attached hydrogen (secondary N) is 1. The quantitative estimate of drug-likeness (QED) is 0.525. The first-order valence-electron chi connectivity index (χ1n) is 8.65. The maximum atomic E-state index is 5.81. The van der Waals surface area contributed by atoms with E-state index in [-0.39, 0.29) is 0 Å². The molecule has 3 aromatic heterocycles. The minimum atomic E-state index is 0.347. The summed E-state index contributed by atoms with van der Waals surface area (Å²) in [7, 11) is 1.63. The Kier molecular flexibility index (Phi) is 4.76. The smallest absolute Gasteiger partial charge is 0.235 e. The van der Waals surface area contributed by atoms with Gasteiger partial charge in [-0.2, -0.15) is 14.7 Å². The molecule has 0 spiro atoms. The molecule has 0 fully saturated rings. The summed E-state index contributed by atoms with van der Waals surface area (Å²) in [5.74, 6) is 2.66. The molecule has 4 aromatic rings. The number of nitrogens with zero attached hydrogens (tertiary/aromatic N) is 5. The lowest BCUT2D eigenvalue weighted by Gasteiger charge is -2.05. The zero-order valence-corrected chi connectivity index (χ0v) is 16.2. The van der Waals surface area contributed by atoms with E-state index in [1.54, 1.807) is 11.6 Å². The van der Waals surface area contributed by atoms with Crippen molar-refractivity contribution in [3.8, 4) is 23.0 Å².